The quantitative estimate of drug-likeness (QED) is 0.0652. The van der Waals surface area contributed by atoms with Gasteiger partial charge in [0.1, 0.15) is 0 Å². The van der Waals surface area contributed by atoms with Gasteiger partial charge in [-0.2, -0.15) is 0 Å². The van der Waals surface area contributed by atoms with E-state index < -0.39 is 105 Å². The van der Waals surface area contributed by atoms with Crippen LogP contribution in [0.15, 0.2) is 0 Å². The summed E-state index contributed by atoms with van der Waals surface area (Å²) in [5.41, 5.74) is 0.655. The Hall–Kier alpha value is -5.10. The molecular weight excluding hydrogens is 865 g/mol. The van der Waals surface area contributed by atoms with Crippen LogP contribution in [0.1, 0.15) is 116 Å². The average molecular weight is 939 g/mol. The van der Waals surface area contributed by atoms with Gasteiger partial charge in [-0.05, 0) is 74.9 Å². The van der Waals surface area contributed by atoms with E-state index >= 15 is 0 Å². The highest BCUT2D eigenvalue weighted by molar-refractivity contribution is 6.09. The first-order valence-electron chi connectivity index (χ1n) is 21.8. The SMILES string of the molecule is CC.CC.CC(=O)N(CC(O)CN(C(C)=O)c1c(C)c(C(=O)NCC(O)CO)c(C)c(C(=O)NCC(O)CO)c1C)c1c(C)c(C(=O)NCC(O)CO)c(C)c(C(=O)NCC(O)CO)c1C. The molecule has 0 saturated carbocycles. The highest BCUT2D eigenvalue weighted by Crippen LogP contribution is 2.37. The van der Waals surface area contributed by atoms with Crippen LogP contribution in [0, 0.1) is 41.5 Å². The fourth-order valence-corrected chi connectivity index (χ4v) is 7.27. The first kappa shape index (κ1) is 60.9. The molecule has 0 spiro atoms. The predicted octanol–water partition coefficient (Wildman–Crippen LogP) is -1.31. The summed E-state index contributed by atoms with van der Waals surface area (Å²) in [5.74, 6) is -4.49. The molecule has 2 aromatic carbocycles. The molecule has 13 N–H and O–H groups in total. The molecule has 2 aromatic rings. The van der Waals surface area contributed by atoms with Crippen molar-refractivity contribution in [3.8, 4) is 0 Å². The minimum Gasteiger partial charge on any atom is -0.394 e. The molecule has 0 heterocycles. The van der Waals surface area contributed by atoms with Gasteiger partial charge >= 0.3 is 0 Å². The van der Waals surface area contributed by atoms with Crippen LogP contribution < -0.4 is 31.1 Å². The molecule has 4 unspecified atom stereocenters. The molecule has 0 saturated heterocycles. The van der Waals surface area contributed by atoms with Crippen LogP contribution >= 0.6 is 0 Å². The lowest BCUT2D eigenvalue weighted by molar-refractivity contribution is -0.117. The molecule has 21 nitrogen and oxygen atoms in total. The van der Waals surface area contributed by atoms with E-state index in [0.717, 1.165) is 23.6 Å². The van der Waals surface area contributed by atoms with E-state index in [1.807, 2.05) is 27.7 Å². The smallest absolute Gasteiger partial charge is 0.252 e. The lowest BCUT2D eigenvalue weighted by Gasteiger charge is -2.33. The molecule has 0 aliphatic heterocycles. The Balaban J connectivity index is 0.0000103. The van der Waals surface area contributed by atoms with Gasteiger partial charge in [-0.1, -0.05) is 27.7 Å². The third-order valence-corrected chi connectivity index (χ3v) is 10.3. The van der Waals surface area contributed by atoms with Crippen LogP contribution in [0.3, 0.4) is 0 Å². The van der Waals surface area contributed by atoms with Crippen LogP contribution in [0.2, 0.25) is 0 Å². The number of rotatable bonds is 22. The maximum Gasteiger partial charge on any atom is 0.252 e. The van der Waals surface area contributed by atoms with Crippen LogP contribution in [0.25, 0.3) is 0 Å². The number of nitrogens with one attached hydrogen (secondary N) is 4. The number of aliphatic hydroxyl groups excluding tert-OH is 9. The van der Waals surface area contributed by atoms with Crippen LogP contribution in [0.5, 0.6) is 0 Å². The van der Waals surface area contributed by atoms with Gasteiger partial charge in [0.15, 0.2) is 0 Å². The van der Waals surface area contributed by atoms with E-state index in [1.165, 1.54) is 41.5 Å². The molecular formula is C45H74N6O15. The van der Waals surface area contributed by atoms with Crippen LogP contribution in [0.4, 0.5) is 11.4 Å². The van der Waals surface area contributed by atoms with Gasteiger partial charge in [0.25, 0.3) is 23.6 Å². The predicted molar refractivity (Wildman–Crippen MR) is 248 cm³/mol. The molecule has 374 valence electrons. The minimum absolute atomic E-state index is 0.0213. The molecule has 0 bridgehead atoms. The summed E-state index contributed by atoms with van der Waals surface area (Å²) in [7, 11) is 0. The number of carbonyl (C=O) groups excluding carboxylic acids is 6. The summed E-state index contributed by atoms with van der Waals surface area (Å²) in [5, 5.41) is 98.6. The van der Waals surface area contributed by atoms with Crippen molar-refractivity contribution in [2.24, 2.45) is 0 Å². The first-order chi connectivity index (χ1) is 31.0. The van der Waals surface area contributed by atoms with E-state index in [2.05, 4.69) is 21.3 Å². The Bertz CT molecular complexity index is 1730. The van der Waals surface area contributed by atoms with Crippen molar-refractivity contribution in [2.75, 3.05) is 75.5 Å². The van der Waals surface area contributed by atoms with Gasteiger partial charge in [-0.3, -0.25) is 28.8 Å². The molecule has 21 heteroatoms. The number of hydrogen-bond acceptors (Lipinski definition) is 15. The maximum atomic E-state index is 13.7. The summed E-state index contributed by atoms with van der Waals surface area (Å²) in [6.07, 6.45) is -6.90. The second-order valence-electron chi connectivity index (χ2n) is 15.0. The van der Waals surface area contributed by atoms with Crippen molar-refractivity contribution >= 4 is 46.8 Å². The van der Waals surface area contributed by atoms with Crippen molar-refractivity contribution < 1.29 is 74.7 Å². The fraction of sp³-hybridized carbons (Fsp3) is 0.600. The monoisotopic (exact) mass is 939 g/mol. The van der Waals surface area contributed by atoms with Crippen molar-refractivity contribution in [2.45, 2.75) is 114 Å². The average Bonchev–Trinajstić information content (AvgIpc) is 3.28. The second kappa shape index (κ2) is 29.5. The summed E-state index contributed by atoms with van der Waals surface area (Å²) in [4.78, 5) is 83.9. The lowest BCUT2D eigenvalue weighted by atomic mass is 9.89. The molecule has 4 atom stereocenters. The zero-order valence-corrected chi connectivity index (χ0v) is 40.3. The van der Waals surface area contributed by atoms with E-state index in [0.29, 0.717) is 0 Å². The number of amides is 6. The second-order valence-corrected chi connectivity index (χ2v) is 15.0. The van der Waals surface area contributed by atoms with Gasteiger partial charge in [0.2, 0.25) is 11.8 Å². The lowest BCUT2D eigenvalue weighted by Crippen LogP contribution is -2.45. The number of benzene rings is 2. The van der Waals surface area contributed by atoms with Gasteiger partial charge in [-0.25, -0.2) is 0 Å². The number of nitrogens with zero attached hydrogens (tertiary/aromatic N) is 2. The summed E-state index contributed by atoms with van der Waals surface area (Å²) < 4.78 is 0. The van der Waals surface area contributed by atoms with Gasteiger partial charge < -0.3 is 77.0 Å². The first-order valence-corrected chi connectivity index (χ1v) is 21.8. The summed E-state index contributed by atoms with van der Waals surface area (Å²) in [6.45, 7) is 13.9. The normalized spacial score (nSPS) is 13.0. The fourth-order valence-electron chi connectivity index (χ4n) is 7.27. The van der Waals surface area contributed by atoms with Crippen molar-refractivity contribution in [3.63, 3.8) is 0 Å². The largest absolute Gasteiger partial charge is 0.394 e. The standard InChI is InChI=1S/C41H62N6O15.2C2H6/c1-19-32(38(59)42-9-27(54)15-48)21(3)36(22(4)33(19)39(60)43-10-28(55)16-49)46(25(7)52)13-31(58)14-47(26(8)53)37-23(5)34(40(61)44-11-29(56)17-50)20(2)35(24(37)6)41(62)45-12-30(57)18-51;2*1-2/h27-31,48-51,54-58H,9-18H2,1-8H3,(H,42,59)(H,43,60)(H,44,61)(H,45,62);2*1-2H3. The Morgan fingerprint density at radius 1 is 0.394 bits per heavy atom. The topological polar surface area (TPSA) is 339 Å². The Kier molecular flexibility index (Phi) is 27.2. The molecule has 0 radical (unpaired) electrons. The number of anilines is 2. The van der Waals surface area contributed by atoms with Gasteiger partial charge in [-0.15, -0.1) is 0 Å². The van der Waals surface area contributed by atoms with E-state index in [1.54, 1.807) is 0 Å². The molecule has 0 fully saturated rings. The number of carbonyl (C=O) groups is 6. The Morgan fingerprint density at radius 3 is 0.758 bits per heavy atom. The Morgan fingerprint density at radius 2 is 0.591 bits per heavy atom. The zero-order chi connectivity index (χ0) is 51.3. The molecule has 2 rings (SSSR count). The summed E-state index contributed by atoms with van der Waals surface area (Å²) >= 11 is 0. The molecule has 6 amide bonds. The van der Waals surface area contributed by atoms with Gasteiger partial charge in [0, 0.05) is 62.3 Å². The van der Waals surface area contributed by atoms with E-state index in [4.69, 9.17) is 0 Å². The third-order valence-electron chi connectivity index (χ3n) is 10.3. The van der Waals surface area contributed by atoms with E-state index in [-0.39, 0.29) is 93.2 Å². The highest BCUT2D eigenvalue weighted by Gasteiger charge is 2.33. The Labute approximate surface area is 386 Å². The molecule has 0 aliphatic carbocycles. The third kappa shape index (κ3) is 16.1. The molecule has 0 aliphatic rings. The van der Waals surface area contributed by atoms with Crippen molar-refractivity contribution in [1.82, 2.24) is 21.3 Å². The molecule has 66 heavy (non-hydrogen) atoms. The molecule has 0 aromatic heterocycles. The number of aliphatic hydroxyl groups is 9. The van der Waals surface area contributed by atoms with E-state index in [9.17, 15) is 74.7 Å². The highest BCUT2D eigenvalue weighted by atomic mass is 16.3. The van der Waals surface area contributed by atoms with Crippen LogP contribution in [-0.2, 0) is 9.59 Å². The van der Waals surface area contributed by atoms with Crippen LogP contribution in [-0.4, -0.2) is 178 Å². The maximum absolute atomic E-state index is 13.7. The van der Waals surface area contributed by atoms with Gasteiger partial charge in [0.05, 0.1) is 81.4 Å². The minimum atomic E-state index is -1.61. The number of hydrogen-bond donors (Lipinski definition) is 13. The zero-order valence-electron chi connectivity index (χ0n) is 40.3. The van der Waals surface area contributed by atoms with Crippen molar-refractivity contribution in [3.05, 3.63) is 55.6 Å². The summed E-state index contributed by atoms with van der Waals surface area (Å²) in [6, 6.07) is 0. The van der Waals surface area contributed by atoms with Crippen molar-refractivity contribution in [1.29, 1.82) is 0 Å².